The third kappa shape index (κ3) is 2.62. The number of nitrogens with zero attached hydrogens (tertiary/aromatic N) is 2. The lowest BCUT2D eigenvalue weighted by Crippen LogP contribution is -2.03. The van der Waals surface area contributed by atoms with Crippen molar-refractivity contribution in [1.82, 2.24) is 9.38 Å². The predicted octanol–water partition coefficient (Wildman–Crippen LogP) is 4.35. The van der Waals surface area contributed by atoms with E-state index in [4.69, 9.17) is 0 Å². The van der Waals surface area contributed by atoms with Gasteiger partial charge < -0.3 is 5.11 Å². The normalized spacial score (nSPS) is 13.0. The number of benzene rings is 2. The molecule has 2 aromatic carbocycles. The molecule has 3 nitrogen and oxygen atoms in total. The Labute approximate surface area is 136 Å². The molecule has 0 amide bonds. The summed E-state index contributed by atoms with van der Waals surface area (Å²) in [5.74, 6) is -0.256. The fourth-order valence-electron chi connectivity index (χ4n) is 2.85. The van der Waals surface area contributed by atoms with Gasteiger partial charge in [-0.25, -0.2) is 9.37 Å². The number of fused-ring (bicyclic) bond motifs is 3. The summed E-state index contributed by atoms with van der Waals surface area (Å²) in [7, 11) is 0. The molecular formula is C18H15FN2OS. The fraction of sp³-hybridized carbons (Fsp3) is 0.167. The summed E-state index contributed by atoms with van der Waals surface area (Å²) in [6.07, 6.45) is 2.53. The molecular weight excluding hydrogens is 311 g/mol. The smallest absolute Gasteiger partial charge is 0.195 e. The van der Waals surface area contributed by atoms with Gasteiger partial charge in [-0.15, -0.1) is 0 Å². The highest BCUT2D eigenvalue weighted by Crippen LogP contribution is 2.31. The highest BCUT2D eigenvalue weighted by molar-refractivity contribution is 7.23. The van der Waals surface area contributed by atoms with Crippen LogP contribution in [0.5, 0.6) is 0 Å². The molecule has 0 aliphatic carbocycles. The number of rotatable bonds is 4. The zero-order valence-corrected chi connectivity index (χ0v) is 13.1. The molecule has 1 atom stereocenters. The minimum absolute atomic E-state index is 0.256. The van der Waals surface area contributed by atoms with E-state index in [9.17, 15) is 9.50 Å². The molecule has 0 saturated carbocycles. The number of aryl methyl sites for hydroxylation is 1. The van der Waals surface area contributed by atoms with Crippen LogP contribution in [0.1, 0.15) is 23.8 Å². The fourth-order valence-corrected chi connectivity index (χ4v) is 3.88. The summed E-state index contributed by atoms with van der Waals surface area (Å²) < 4.78 is 16.1. The van der Waals surface area contributed by atoms with Crippen LogP contribution in [0.4, 0.5) is 4.39 Å². The molecule has 4 aromatic rings. The van der Waals surface area contributed by atoms with E-state index in [0.29, 0.717) is 6.42 Å². The maximum absolute atomic E-state index is 13.4. The van der Waals surface area contributed by atoms with Gasteiger partial charge in [-0.1, -0.05) is 41.7 Å². The van der Waals surface area contributed by atoms with Gasteiger partial charge in [-0.2, -0.15) is 0 Å². The number of aromatic nitrogens is 2. The zero-order chi connectivity index (χ0) is 15.8. The van der Waals surface area contributed by atoms with Crippen LogP contribution < -0.4 is 0 Å². The molecule has 0 aliphatic rings. The molecule has 2 heterocycles. The Morgan fingerprint density at radius 3 is 2.83 bits per heavy atom. The molecule has 5 heteroatoms. The van der Waals surface area contributed by atoms with Gasteiger partial charge in [0.1, 0.15) is 5.82 Å². The molecule has 0 radical (unpaired) electrons. The first kappa shape index (κ1) is 14.4. The summed E-state index contributed by atoms with van der Waals surface area (Å²) in [6.45, 7) is 0. The van der Waals surface area contributed by atoms with Gasteiger partial charge in [0.15, 0.2) is 4.96 Å². The summed E-state index contributed by atoms with van der Waals surface area (Å²) in [4.78, 5) is 5.14. The molecule has 0 saturated heterocycles. The third-order valence-electron chi connectivity index (χ3n) is 4.01. The van der Waals surface area contributed by atoms with Crippen molar-refractivity contribution < 1.29 is 9.50 Å². The standard InChI is InChI=1S/C18H15FN2OS/c19-13-7-8-14-17(10-13)23-18-20-11-15(21(14)18)16(22)9-6-12-4-2-1-3-5-12/h1-5,7-8,10-11,16,22H,6,9H2. The molecule has 116 valence electrons. The zero-order valence-electron chi connectivity index (χ0n) is 12.3. The molecule has 0 fully saturated rings. The lowest BCUT2D eigenvalue weighted by Gasteiger charge is -2.10. The van der Waals surface area contributed by atoms with E-state index < -0.39 is 6.10 Å². The van der Waals surface area contributed by atoms with E-state index in [1.165, 1.54) is 29.0 Å². The summed E-state index contributed by atoms with van der Waals surface area (Å²) in [6, 6.07) is 14.8. The second kappa shape index (κ2) is 5.76. The van der Waals surface area contributed by atoms with Crippen molar-refractivity contribution >= 4 is 26.5 Å². The second-order valence-electron chi connectivity index (χ2n) is 5.56. The first-order chi connectivity index (χ1) is 11.2. The Morgan fingerprint density at radius 2 is 2.00 bits per heavy atom. The van der Waals surface area contributed by atoms with Crippen molar-refractivity contribution in [2.45, 2.75) is 18.9 Å². The number of imidazole rings is 1. The maximum Gasteiger partial charge on any atom is 0.195 e. The van der Waals surface area contributed by atoms with E-state index in [1.807, 2.05) is 22.6 Å². The van der Waals surface area contributed by atoms with Gasteiger partial charge >= 0.3 is 0 Å². The summed E-state index contributed by atoms with van der Waals surface area (Å²) >= 11 is 1.43. The predicted molar refractivity (Wildman–Crippen MR) is 90.3 cm³/mol. The van der Waals surface area contributed by atoms with Gasteiger partial charge in [0.05, 0.1) is 28.2 Å². The Morgan fingerprint density at radius 1 is 1.17 bits per heavy atom. The van der Waals surface area contributed by atoms with Gasteiger partial charge in [-0.05, 0) is 36.6 Å². The lowest BCUT2D eigenvalue weighted by molar-refractivity contribution is 0.162. The lowest BCUT2D eigenvalue weighted by atomic mass is 10.1. The van der Waals surface area contributed by atoms with Crippen molar-refractivity contribution in [3.63, 3.8) is 0 Å². The van der Waals surface area contributed by atoms with Gasteiger partial charge in [0, 0.05) is 0 Å². The van der Waals surface area contributed by atoms with Gasteiger partial charge in [-0.3, -0.25) is 4.40 Å². The number of halogens is 1. The van der Waals surface area contributed by atoms with Crippen LogP contribution in [0.2, 0.25) is 0 Å². The van der Waals surface area contributed by atoms with Crippen molar-refractivity contribution in [2.75, 3.05) is 0 Å². The topological polar surface area (TPSA) is 37.5 Å². The van der Waals surface area contributed by atoms with Crippen molar-refractivity contribution in [2.24, 2.45) is 0 Å². The van der Waals surface area contributed by atoms with E-state index in [2.05, 4.69) is 17.1 Å². The molecule has 0 aliphatic heterocycles. The Balaban J connectivity index is 1.66. The van der Waals surface area contributed by atoms with Crippen LogP contribution in [-0.2, 0) is 6.42 Å². The number of aliphatic hydroxyl groups excluding tert-OH is 1. The highest BCUT2D eigenvalue weighted by Gasteiger charge is 2.17. The average molecular weight is 326 g/mol. The van der Waals surface area contributed by atoms with Crippen molar-refractivity contribution in [3.8, 4) is 0 Å². The minimum Gasteiger partial charge on any atom is -0.387 e. The summed E-state index contributed by atoms with van der Waals surface area (Å²) in [5, 5.41) is 10.6. The Hall–Kier alpha value is -2.24. The second-order valence-corrected chi connectivity index (χ2v) is 6.56. The first-order valence-corrected chi connectivity index (χ1v) is 8.31. The third-order valence-corrected chi connectivity index (χ3v) is 5.03. The van der Waals surface area contributed by atoms with Crippen molar-refractivity contribution in [1.29, 1.82) is 0 Å². The molecule has 4 rings (SSSR count). The van der Waals surface area contributed by atoms with Crippen LogP contribution in [0.25, 0.3) is 15.2 Å². The van der Waals surface area contributed by atoms with E-state index in [1.54, 1.807) is 12.3 Å². The number of aliphatic hydroxyl groups is 1. The van der Waals surface area contributed by atoms with Crippen LogP contribution in [-0.4, -0.2) is 14.5 Å². The molecule has 23 heavy (non-hydrogen) atoms. The van der Waals surface area contributed by atoms with Crippen LogP contribution in [0.3, 0.4) is 0 Å². The van der Waals surface area contributed by atoms with Crippen LogP contribution >= 0.6 is 11.3 Å². The number of hydrogen-bond acceptors (Lipinski definition) is 3. The van der Waals surface area contributed by atoms with E-state index >= 15 is 0 Å². The monoisotopic (exact) mass is 326 g/mol. The molecule has 0 spiro atoms. The van der Waals surface area contributed by atoms with Crippen LogP contribution in [0.15, 0.2) is 54.7 Å². The van der Waals surface area contributed by atoms with E-state index in [-0.39, 0.29) is 5.82 Å². The SMILES string of the molecule is OC(CCc1ccccc1)c1cnc2sc3cc(F)ccc3n12. The quantitative estimate of drug-likeness (QED) is 0.605. The minimum atomic E-state index is -0.604. The van der Waals surface area contributed by atoms with Gasteiger partial charge in [0.2, 0.25) is 0 Å². The average Bonchev–Trinajstić information content (AvgIpc) is 3.12. The highest BCUT2D eigenvalue weighted by atomic mass is 32.1. The maximum atomic E-state index is 13.4. The molecule has 0 bridgehead atoms. The number of hydrogen-bond donors (Lipinski definition) is 1. The number of thiazole rings is 1. The molecule has 1 N–H and O–H groups in total. The largest absolute Gasteiger partial charge is 0.387 e. The van der Waals surface area contributed by atoms with Crippen LogP contribution in [0, 0.1) is 5.82 Å². The molecule has 2 aromatic heterocycles. The van der Waals surface area contributed by atoms with E-state index in [0.717, 1.165) is 27.3 Å². The Bertz CT molecular complexity index is 961. The Kier molecular flexibility index (Phi) is 3.59. The van der Waals surface area contributed by atoms with Crippen molar-refractivity contribution in [3.05, 3.63) is 71.8 Å². The molecule has 1 unspecified atom stereocenters. The first-order valence-electron chi connectivity index (χ1n) is 7.50. The summed E-state index contributed by atoms with van der Waals surface area (Å²) in [5.41, 5.74) is 2.84. The van der Waals surface area contributed by atoms with Gasteiger partial charge in [0.25, 0.3) is 0 Å².